The Bertz CT molecular complexity index is 659. The first-order valence-electron chi connectivity index (χ1n) is 6.67. The number of nitro benzene ring substituents is 1. The van der Waals surface area contributed by atoms with Gasteiger partial charge in [-0.15, -0.1) is 0 Å². The highest BCUT2D eigenvalue weighted by molar-refractivity contribution is 5.89. The van der Waals surface area contributed by atoms with Crippen LogP contribution in [-0.2, 0) is 13.0 Å². The molecule has 1 aromatic carbocycles. The Morgan fingerprint density at radius 3 is 2.48 bits per heavy atom. The molecule has 0 atom stereocenters. The van der Waals surface area contributed by atoms with Crippen LogP contribution in [0.1, 0.15) is 35.0 Å². The quantitative estimate of drug-likeness (QED) is 0.653. The highest BCUT2D eigenvalue weighted by Gasteiger charge is 2.14. The molecule has 2 rings (SSSR count). The summed E-state index contributed by atoms with van der Waals surface area (Å²) in [4.78, 5) is 21.4. The molecule has 6 heteroatoms. The van der Waals surface area contributed by atoms with E-state index in [1.807, 2.05) is 11.5 Å². The molecule has 1 aromatic heterocycles. The lowest BCUT2D eigenvalue weighted by Gasteiger charge is -2.10. The van der Waals surface area contributed by atoms with Gasteiger partial charge in [0.1, 0.15) is 0 Å². The average molecular weight is 288 g/mol. The number of carboxylic acid groups (broad SMARTS) is 1. The molecule has 0 spiro atoms. The lowest BCUT2D eigenvalue weighted by molar-refractivity contribution is -0.384. The highest BCUT2D eigenvalue weighted by atomic mass is 16.6. The minimum absolute atomic E-state index is 0.0475. The molecule has 0 saturated carbocycles. The summed E-state index contributed by atoms with van der Waals surface area (Å²) in [5.74, 6) is -0.930. The van der Waals surface area contributed by atoms with Crippen molar-refractivity contribution in [3.63, 3.8) is 0 Å². The van der Waals surface area contributed by atoms with Crippen LogP contribution in [-0.4, -0.2) is 20.6 Å². The van der Waals surface area contributed by atoms with Gasteiger partial charge in [-0.05, 0) is 18.1 Å². The van der Waals surface area contributed by atoms with Crippen LogP contribution < -0.4 is 0 Å². The molecule has 0 aliphatic rings. The molecule has 0 bridgehead atoms. The summed E-state index contributed by atoms with van der Waals surface area (Å²) in [5.41, 5.74) is 2.04. The second-order valence-corrected chi connectivity index (χ2v) is 4.78. The first kappa shape index (κ1) is 14.8. The fourth-order valence-electron chi connectivity index (χ4n) is 2.28. The average Bonchev–Trinajstić information content (AvgIpc) is 2.83. The van der Waals surface area contributed by atoms with Crippen molar-refractivity contribution < 1.29 is 14.8 Å². The maximum atomic E-state index is 11.2. The van der Waals surface area contributed by atoms with Crippen LogP contribution in [0.15, 0.2) is 36.5 Å². The van der Waals surface area contributed by atoms with Gasteiger partial charge < -0.3 is 9.67 Å². The van der Waals surface area contributed by atoms with Gasteiger partial charge in [0, 0.05) is 30.6 Å². The lowest BCUT2D eigenvalue weighted by Crippen LogP contribution is -2.07. The predicted octanol–water partition coefficient (Wildman–Crippen LogP) is 3.10. The molecule has 0 aliphatic heterocycles. The largest absolute Gasteiger partial charge is 0.478 e. The van der Waals surface area contributed by atoms with Gasteiger partial charge in [-0.1, -0.05) is 25.5 Å². The van der Waals surface area contributed by atoms with Crippen LogP contribution >= 0.6 is 0 Å². The standard InChI is InChI=1S/C15H16N2O4/c1-2-3-14-13(15(18)19)8-9-16(14)10-11-4-6-12(7-5-11)17(20)21/h4-9H,2-3,10H2,1H3,(H,18,19). The van der Waals surface area contributed by atoms with Crippen molar-refractivity contribution in [2.45, 2.75) is 26.3 Å². The molecular formula is C15H16N2O4. The number of aromatic nitrogens is 1. The number of non-ortho nitro benzene ring substituents is 1. The second-order valence-electron chi connectivity index (χ2n) is 4.78. The molecule has 21 heavy (non-hydrogen) atoms. The van der Waals surface area contributed by atoms with E-state index in [4.69, 9.17) is 0 Å². The monoisotopic (exact) mass is 288 g/mol. The molecule has 0 saturated heterocycles. The maximum absolute atomic E-state index is 11.2. The number of rotatable bonds is 6. The molecule has 6 nitrogen and oxygen atoms in total. The van der Waals surface area contributed by atoms with Gasteiger partial charge in [-0.25, -0.2) is 4.79 Å². The second kappa shape index (κ2) is 6.21. The van der Waals surface area contributed by atoms with Gasteiger partial charge in [-0.2, -0.15) is 0 Å². The van der Waals surface area contributed by atoms with Crippen molar-refractivity contribution in [2.24, 2.45) is 0 Å². The van der Waals surface area contributed by atoms with Crippen molar-refractivity contribution in [3.8, 4) is 0 Å². The Morgan fingerprint density at radius 2 is 1.95 bits per heavy atom. The van der Waals surface area contributed by atoms with Gasteiger partial charge in [0.05, 0.1) is 10.5 Å². The first-order chi connectivity index (χ1) is 10.0. The maximum Gasteiger partial charge on any atom is 0.337 e. The van der Waals surface area contributed by atoms with E-state index >= 15 is 0 Å². The first-order valence-corrected chi connectivity index (χ1v) is 6.67. The summed E-state index contributed by atoms with van der Waals surface area (Å²) in [6.07, 6.45) is 3.28. The molecule has 0 amide bonds. The van der Waals surface area contributed by atoms with E-state index in [2.05, 4.69) is 0 Å². The summed E-state index contributed by atoms with van der Waals surface area (Å²) < 4.78 is 1.88. The van der Waals surface area contributed by atoms with Crippen LogP contribution in [0.4, 0.5) is 5.69 Å². The Morgan fingerprint density at radius 1 is 1.29 bits per heavy atom. The number of carboxylic acids is 1. The topological polar surface area (TPSA) is 85.4 Å². The number of hydrogen-bond acceptors (Lipinski definition) is 3. The Labute approximate surface area is 121 Å². The molecular weight excluding hydrogens is 272 g/mol. The van der Waals surface area contributed by atoms with E-state index in [9.17, 15) is 20.0 Å². The smallest absolute Gasteiger partial charge is 0.337 e. The van der Waals surface area contributed by atoms with Crippen LogP contribution in [0.2, 0.25) is 0 Å². The molecule has 0 aliphatic carbocycles. The van der Waals surface area contributed by atoms with Crippen molar-refractivity contribution >= 4 is 11.7 Å². The minimum atomic E-state index is -0.930. The number of carbonyl (C=O) groups is 1. The zero-order valence-corrected chi connectivity index (χ0v) is 11.7. The fourth-order valence-corrected chi connectivity index (χ4v) is 2.28. The predicted molar refractivity (Wildman–Crippen MR) is 77.6 cm³/mol. The molecule has 2 aromatic rings. The number of benzene rings is 1. The Hall–Kier alpha value is -2.63. The van der Waals surface area contributed by atoms with Gasteiger partial charge in [0.2, 0.25) is 0 Å². The third-order valence-corrected chi connectivity index (χ3v) is 3.30. The van der Waals surface area contributed by atoms with Crippen molar-refractivity contribution in [3.05, 3.63) is 63.5 Å². The van der Waals surface area contributed by atoms with Gasteiger partial charge >= 0.3 is 5.97 Å². The lowest BCUT2D eigenvalue weighted by atomic mass is 10.1. The van der Waals surface area contributed by atoms with Crippen LogP contribution in [0.5, 0.6) is 0 Å². The SMILES string of the molecule is CCCc1c(C(=O)O)ccn1Cc1ccc([N+](=O)[O-])cc1. The van der Waals surface area contributed by atoms with Gasteiger partial charge in [0.15, 0.2) is 0 Å². The number of nitro groups is 1. The Kier molecular flexibility index (Phi) is 4.37. The van der Waals surface area contributed by atoms with E-state index in [1.165, 1.54) is 12.1 Å². The Balaban J connectivity index is 2.26. The van der Waals surface area contributed by atoms with Crippen molar-refractivity contribution in [1.82, 2.24) is 4.57 Å². The third-order valence-electron chi connectivity index (χ3n) is 3.30. The zero-order chi connectivity index (χ0) is 15.4. The van der Waals surface area contributed by atoms with Crippen LogP contribution in [0.3, 0.4) is 0 Å². The number of nitrogens with zero attached hydrogens (tertiary/aromatic N) is 2. The third kappa shape index (κ3) is 3.28. The van der Waals surface area contributed by atoms with Gasteiger partial charge in [-0.3, -0.25) is 10.1 Å². The summed E-state index contributed by atoms with van der Waals surface area (Å²) in [6, 6.07) is 7.88. The van der Waals surface area contributed by atoms with E-state index in [-0.39, 0.29) is 5.69 Å². The van der Waals surface area contributed by atoms with E-state index in [0.717, 1.165) is 17.7 Å². The van der Waals surface area contributed by atoms with E-state index < -0.39 is 10.9 Å². The van der Waals surface area contributed by atoms with E-state index in [1.54, 1.807) is 24.4 Å². The molecule has 110 valence electrons. The minimum Gasteiger partial charge on any atom is -0.478 e. The summed E-state index contributed by atoms with van der Waals surface area (Å²) >= 11 is 0. The molecule has 0 radical (unpaired) electrons. The van der Waals surface area contributed by atoms with Crippen LogP contribution in [0.25, 0.3) is 0 Å². The fraction of sp³-hybridized carbons (Fsp3) is 0.267. The number of hydrogen-bond donors (Lipinski definition) is 1. The van der Waals surface area contributed by atoms with Gasteiger partial charge in [0.25, 0.3) is 5.69 Å². The van der Waals surface area contributed by atoms with E-state index in [0.29, 0.717) is 18.5 Å². The normalized spacial score (nSPS) is 10.5. The number of aromatic carboxylic acids is 1. The molecule has 1 N–H and O–H groups in total. The summed E-state index contributed by atoms with van der Waals surface area (Å²) in [7, 11) is 0. The molecule has 0 fully saturated rings. The molecule has 1 heterocycles. The van der Waals surface area contributed by atoms with Crippen molar-refractivity contribution in [2.75, 3.05) is 0 Å². The highest BCUT2D eigenvalue weighted by Crippen LogP contribution is 2.18. The summed E-state index contributed by atoms with van der Waals surface area (Å²) in [6.45, 7) is 2.50. The van der Waals surface area contributed by atoms with Crippen molar-refractivity contribution in [1.29, 1.82) is 0 Å². The van der Waals surface area contributed by atoms with Crippen LogP contribution in [0, 0.1) is 10.1 Å². The zero-order valence-electron chi connectivity index (χ0n) is 11.7. The molecule has 0 unspecified atom stereocenters. The summed E-state index contributed by atoms with van der Waals surface area (Å²) in [5, 5.41) is 19.8.